The van der Waals surface area contributed by atoms with Crippen LogP contribution in [-0.2, 0) is 9.47 Å². The average molecular weight is 323 g/mol. The first kappa shape index (κ1) is 15.8. The van der Waals surface area contributed by atoms with Crippen LogP contribution in [-0.4, -0.2) is 37.5 Å². The van der Waals surface area contributed by atoms with Gasteiger partial charge in [0.2, 0.25) is 0 Å². The smallest absolute Gasteiger partial charge is 0.188 e. The summed E-state index contributed by atoms with van der Waals surface area (Å²) >= 11 is 0. The van der Waals surface area contributed by atoms with Gasteiger partial charge in [0.1, 0.15) is 0 Å². The summed E-state index contributed by atoms with van der Waals surface area (Å²) < 4.78 is 12.7. The Morgan fingerprint density at radius 3 is 2.21 bits per heavy atom. The van der Waals surface area contributed by atoms with E-state index in [0.29, 0.717) is 5.92 Å². The van der Waals surface area contributed by atoms with E-state index in [0.717, 1.165) is 32.6 Å². The third-order valence-electron chi connectivity index (χ3n) is 5.38. The molecule has 0 bridgehead atoms. The monoisotopic (exact) mass is 323 g/mol. The highest BCUT2D eigenvalue weighted by molar-refractivity contribution is 5.25. The maximum Gasteiger partial charge on any atom is 0.188 e. The molecule has 0 aromatic heterocycles. The lowest BCUT2D eigenvalue weighted by Gasteiger charge is -2.51. The van der Waals surface area contributed by atoms with E-state index in [1.807, 2.05) is 0 Å². The van der Waals surface area contributed by atoms with Crippen molar-refractivity contribution in [2.45, 2.75) is 30.6 Å². The van der Waals surface area contributed by atoms with E-state index >= 15 is 0 Å². The number of hydrogen-bond acceptors (Lipinski definition) is 3. The molecule has 3 nitrogen and oxygen atoms in total. The van der Waals surface area contributed by atoms with E-state index < -0.39 is 5.79 Å². The number of rotatable bonds is 2. The molecule has 0 amide bonds. The van der Waals surface area contributed by atoms with Gasteiger partial charge in [-0.25, -0.2) is 0 Å². The molecule has 0 saturated carbocycles. The zero-order chi connectivity index (χ0) is 16.4. The van der Waals surface area contributed by atoms with Gasteiger partial charge in [-0.1, -0.05) is 60.7 Å². The van der Waals surface area contributed by atoms with Crippen molar-refractivity contribution in [3.63, 3.8) is 0 Å². The van der Waals surface area contributed by atoms with Crippen molar-refractivity contribution in [1.29, 1.82) is 0 Å². The highest BCUT2D eigenvalue weighted by Crippen LogP contribution is 2.47. The van der Waals surface area contributed by atoms with Crippen molar-refractivity contribution in [3.05, 3.63) is 71.8 Å². The number of hydrogen-bond donors (Lipinski definition) is 0. The van der Waals surface area contributed by atoms with Gasteiger partial charge in [-0.05, 0) is 30.5 Å². The van der Waals surface area contributed by atoms with Crippen molar-refractivity contribution in [2.24, 2.45) is 0 Å². The molecule has 0 aliphatic carbocycles. The van der Waals surface area contributed by atoms with Gasteiger partial charge in [0.05, 0.1) is 19.3 Å². The molecule has 3 unspecified atom stereocenters. The molecule has 3 atom stereocenters. The molecule has 0 radical (unpaired) electrons. The predicted molar refractivity (Wildman–Crippen MR) is 94.9 cm³/mol. The van der Waals surface area contributed by atoms with Gasteiger partial charge >= 0.3 is 0 Å². The van der Waals surface area contributed by atoms with Gasteiger partial charge in [-0.3, -0.25) is 4.90 Å². The second-order valence-electron chi connectivity index (χ2n) is 6.90. The van der Waals surface area contributed by atoms with Gasteiger partial charge in [-0.15, -0.1) is 0 Å². The molecule has 2 aromatic carbocycles. The molecule has 2 aliphatic rings. The topological polar surface area (TPSA) is 21.7 Å². The van der Waals surface area contributed by atoms with Crippen LogP contribution >= 0.6 is 0 Å². The van der Waals surface area contributed by atoms with Crippen LogP contribution < -0.4 is 0 Å². The molecule has 4 rings (SSSR count). The van der Waals surface area contributed by atoms with E-state index in [-0.39, 0.29) is 6.04 Å². The van der Waals surface area contributed by atoms with Crippen molar-refractivity contribution in [3.8, 4) is 0 Å². The minimum absolute atomic E-state index is 0.138. The zero-order valence-corrected chi connectivity index (χ0v) is 14.2. The zero-order valence-electron chi connectivity index (χ0n) is 14.2. The summed E-state index contributed by atoms with van der Waals surface area (Å²) in [6, 6.07) is 21.6. The van der Waals surface area contributed by atoms with Crippen LogP contribution in [0.4, 0.5) is 0 Å². The van der Waals surface area contributed by atoms with Crippen LogP contribution in [0.25, 0.3) is 0 Å². The van der Waals surface area contributed by atoms with Crippen molar-refractivity contribution >= 4 is 0 Å². The highest BCUT2D eigenvalue weighted by atomic mass is 16.7. The molecule has 1 spiro atoms. The Kier molecular flexibility index (Phi) is 4.40. The summed E-state index contributed by atoms with van der Waals surface area (Å²) in [6.07, 6.45) is 1.96. The molecule has 24 heavy (non-hydrogen) atoms. The molecular weight excluding hydrogens is 298 g/mol. The Balaban J connectivity index is 1.68. The van der Waals surface area contributed by atoms with Crippen LogP contribution in [0.3, 0.4) is 0 Å². The molecular formula is C21H25NO2. The Hall–Kier alpha value is -1.68. The van der Waals surface area contributed by atoms with Gasteiger partial charge in [0, 0.05) is 13.0 Å². The molecule has 2 heterocycles. The van der Waals surface area contributed by atoms with Crippen LogP contribution in [0.15, 0.2) is 60.7 Å². The maximum absolute atomic E-state index is 6.33. The van der Waals surface area contributed by atoms with E-state index in [1.54, 1.807) is 0 Å². The van der Waals surface area contributed by atoms with Gasteiger partial charge in [0.15, 0.2) is 5.79 Å². The molecule has 0 N–H and O–H groups in total. The van der Waals surface area contributed by atoms with Crippen molar-refractivity contribution in [2.75, 3.05) is 26.8 Å². The number of likely N-dealkylation sites (N-methyl/N-ethyl adjacent to an activating group) is 1. The first-order valence-corrected chi connectivity index (χ1v) is 8.86. The van der Waals surface area contributed by atoms with Gasteiger partial charge in [-0.2, -0.15) is 0 Å². The lowest BCUT2D eigenvalue weighted by atomic mass is 9.81. The largest absolute Gasteiger partial charge is 0.348 e. The lowest BCUT2D eigenvalue weighted by Crippen LogP contribution is -2.56. The summed E-state index contributed by atoms with van der Waals surface area (Å²) in [4.78, 5) is 2.38. The summed E-state index contributed by atoms with van der Waals surface area (Å²) in [5.41, 5.74) is 2.66. The summed E-state index contributed by atoms with van der Waals surface area (Å²) in [7, 11) is 2.18. The molecule has 2 fully saturated rings. The van der Waals surface area contributed by atoms with Crippen LogP contribution in [0.2, 0.25) is 0 Å². The quantitative estimate of drug-likeness (QED) is 0.834. The van der Waals surface area contributed by atoms with Crippen LogP contribution in [0, 0.1) is 0 Å². The molecule has 2 aromatic rings. The Morgan fingerprint density at radius 1 is 0.875 bits per heavy atom. The third-order valence-corrected chi connectivity index (χ3v) is 5.38. The second-order valence-corrected chi connectivity index (χ2v) is 6.90. The fraction of sp³-hybridized carbons (Fsp3) is 0.429. The van der Waals surface area contributed by atoms with E-state index in [9.17, 15) is 0 Å². The van der Waals surface area contributed by atoms with Crippen LogP contribution in [0.1, 0.15) is 35.9 Å². The second kappa shape index (κ2) is 6.67. The first-order chi connectivity index (χ1) is 11.8. The third kappa shape index (κ3) is 2.88. The molecule has 126 valence electrons. The minimum Gasteiger partial charge on any atom is -0.348 e. The fourth-order valence-electron chi connectivity index (χ4n) is 4.23. The highest BCUT2D eigenvalue weighted by Gasteiger charge is 2.50. The maximum atomic E-state index is 6.33. The average Bonchev–Trinajstić information content (AvgIpc) is 2.63. The standard InChI is InChI=1S/C21H25NO2/c1-22-13-15-24-21(20(22)18-10-6-3-7-11-18)16-19(12-14-23-21)17-8-4-2-5-9-17/h2-11,19-20H,12-16H2,1H3. The Bertz CT molecular complexity index is 656. The fourth-order valence-corrected chi connectivity index (χ4v) is 4.23. The Labute approximate surface area is 144 Å². The number of ether oxygens (including phenoxy) is 2. The van der Waals surface area contributed by atoms with Crippen LogP contribution in [0.5, 0.6) is 0 Å². The van der Waals surface area contributed by atoms with Gasteiger partial charge in [0.25, 0.3) is 0 Å². The molecule has 2 aliphatic heterocycles. The number of benzene rings is 2. The number of morpholine rings is 1. The SMILES string of the molecule is CN1CCOC2(CC(c3ccccc3)CCO2)C1c1ccccc1. The van der Waals surface area contributed by atoms with Gasteiger partial charge < -0.3 is 9.47 Å². The summed E-state index contributed by atoms with van der Waals surface area (Å²) in [5.74, 6) is -0.0646. The van der Waals surface area contributed by atoms with Crippen molar-refractivity contribution < 1.29 is 9.47 Å². The van der Waals surface area contributed by atoms with Crippen molar-refractivity contribution in [1.82, 2.24) is 4.90 Å². The summed E-state index contributed by atoms with van der Waals surface area (Å²) in [5, 5.41) is 0. The van der Waals surface area contributed by atoms with E-state index in [2.05, 4.69) is 72.6 Å². The Morgan fingerprint density at radius 2 is 1.50 bits per heavy atom. The van der Waals surface area contributed by atoms with E-state index in [1.165, 1.54) is 11.1 Å². The molecule has 3 heteroatoms. The lowest BCUT2D eigenvalue weighted by molar-refractivity contribution is -0.311. The summed E-state index contributed by atoms with van der Waals surface area (Å²) in [6.45, 7) is 2.40. The first-order valence-electron chi connectivity index (χ1n) is 8.86. The predicted octanol–water partition coefficient (Wildman–Crippen LogP) is 3.98. The molecule has 2 saturated heterocycles. The minimum atomic E-state index is -0.549. The normalized spacial score (nSPS) is 31.2. The number of nitrogens with zero attached hydrogens (tertiary/aromatic N) is 1. The van der Waals surface area contributed by atoms with E-state index in [4.69, 9.17) is 9.47 Å².